The molecule has 0 radical (unpaired) electrons. The van der Waals surface area contributed by atoms with Crippen molar-refractivity contribution in [2.75, 3.05) is 0 Å². The van der Waals surface area contributed by atoms with Gasteiger partial charge in [-0.2, -0.15) is 26.3 Å². The van der Waals surface area contributed by atoms with Gasteiger partial charge in [-0.3, -0.25) is 19.5 Å². The third-order valence-corrected chi connectivity index (χ3v) is 7.01. The highest BCUT2D eigenvalue weighted by Crippen LogP contribution is 2.36. The van der Waals surface area contributed by atoms with Crippen LogP contribution in [0.15, 0.2) is 71.9 Å². The summed E-state index contributed by atoms with van der Waals surface area (Å²) >= 11 is 1.27. The fourth-order valence-corrected chi connectivity index (χ4v) is 4.90. The minimum absolute atomic E-state index is 0.0663. The number of alkyl halides is 6. The van der Waals surface area contributed by atoms with Crippen molar-refractivity contribution in [1.29, 1.82) is 0 Å². The molecule has 0 aliphatic heterocycles. The number of amides is 1. The number of nitrogens with zero attached hydrogens (tertiary/aromatic N) is 4. The fourth-order valence-electron chi connectivity index (χ4n) is 4.00. The molecule has 0 saturated carbocycles. The summed E-state index contributed by atoms with van der Waals surface area (Å²) in [5, 5.41) is 22.2. The lowest BCUT2D eigenvalue weighted by Crippen LogP contribution is -2.29. The van der Waals surface area contributed by atoms with Crippen LogP contribution in [0.4, 0.5) is 32.0 Å². The number of aromatic nitrogens is 3. The highest BCUT2D eigenvalue weighted by molar-refractivity contribution is 7.98. The van der Waals surface area contributed by atoms with Gasteiger partial charge in [0.25, 0.3) is 11.6 Å². The van der Waals surface area contributed by atoms with Gasteiger partial charge in [-0.15, -0.1) is 10.2 Å². The molecule has 0 saturated heterocycles. The maximum atomic E-state index is 13.3. The van der Waals surface area contributed by atoms with Gasteiger partial charge in [-0.1, -0.05) is 41.6 Å². The number of rotatable bonds is 8. The molecule has 42 heavy (non-hydrogen) atoms. The van der Waals surface area contributed by atoms with Crippen LogP contribution in [0.1, 0.15) is 51.4 Å². The number of halogens is 6. The van der Waals surface area contributed by atoms with Crippen molar-refractivity contribution >= 4 is 23.4 Å². The quantitative estimate of drug-likeness (QED) is 0.0973. The maximum Gasteiger partial charge on any atom is 0.416 e. The summed E-state index contributed by atoms with van der Waals surface area (Å²) in [4.78, 5) is 23.5. The highest BCUT2D eigenvalue weighted by atomic mass is 32.2. The van der Waals surface area contributed by atoms with E-state index in [1.807, 2.05) is 31.2 Å². The summed E-state index contributed by atoms with van der Waals surface area (Å²) in [5.41, 5.74) is -1.91. The minimum Gasteiger partial charge on any atom is -0.342 e. The van der Waals surface area contributed by atoms with Crippen LogP contribution < -0.4 is 5.32 Å². The second kappa shape index (κ2) is 11.8. The van der Waals surface area contributed by atoms with Gasteiger partial charge in [-0.25, -0.2) is 0 Å². The zero-order valence-corrected chi connectivity index (χ0v) is 22.6. The van der Waals surface area contributed by atoms with Crippen LogP contribution in [0.5, 0.6) is 0 Å². The van der Waals surface area contributed by atoms with E-state index in [1.165, 1.54) is 47.5 Å². The van der Waals surface area contributed by atoms with Gasteiger partial charge in [0.15, 0.2) is 11.0 Å². The number of nitro groups is 1. The summed E-state index contributed by atoms with van der Waals surface area (Å²) < 4.78 is 81.3. The number of aryl methyl sites for hydroxylation is 1. The topological polar surface area (TPSA) is 103 Å². The van der Waals surface area contributed by atoms with E-state index in [4.69, 9.17) is 0 Å². The molecule has 1 atom stereocenters. The molecule has 8 nitrogen and oxygen atoms in total. The van der Waals surface area contributed by atoms with Crippen LogP contribution in [0.25, 0.3) is 5.69 Å². The normalized spacial score (nSPS) is 12.7. The Hall–Kier alpha value is -4.40. The Labute approximate surface area is 238 Å². The Balaban J connectivity index is 1.68. The zero-order valence-electron chi connectivity index (χ0n) is 21.8. The predicted octanol–water partition coefficient (Wildman–Crippen LogP) is 7.30. The van der Waals surface area contributed by atoms with Gasteiger partial charge in [0.2, 0.25) is 0 Å². The van der Waals surface area contributed by atoms with Crippen molar-refractivity contribution in [3.05, 3.63) is 110 Å². The Morgan fingerprint density at radius 2 is 1.60 bits per heavy atom. The molecule has 0 aliphatic carbocycles. The van der Waals surface area contributed by atoms with Crippen LogP contribution in [0, 0.1) is 17.0 Å². The lowest BCUT2D eigenvalue weighted by molar-refractivity contribution is -0.384. The number of non-ortho nitro benzene ring substituents is 1. The smallest absolute Gasteiger partial charge is 0.342 e. The Morgan fingerprint density at radius 3 is 2.14 bits per heavy atom. The third kappa shape index (κ3) is 7.08. The first-order valence-corrected chi connectivity index (χ1v) is 13.1. The molecule has 220 valence electrons. The average molecular weight is 610 g/mol. The summed E-state index contributed by atoms with van der Waals surface area (Å²) in [5.74, 6) is -0.656. The highest BCUT2D eigenvalue weighted by Gasteiger charge is 2.37. The molecule has 1 N–H and O–H groups in total. The van der Waals surface area contributed by atoms with Gasteiger partial charge in [0, 0.05) is 29.1 Å². The molecule has 0 spiro atoms. The number of thioether (sulfide) groups is 1. The van der Waals surface area contributed by atoms with Crippen LogP contribution in [-0.4, -0.2) is 25.6 Å². The first kappa shape index (κ1) is 30.6. The van der Waals surface area contributed by atoms with Crippen molar-refractivity contribution < 1.29 is 36.1 Å². The minimum atomic E-state index is -5.12. The molecule has 4 aromatic rings. The Kier molecular flexibility index (Phi) is 8.61. The van der Waals surface area contributed by atoms with E-state index in [9.17, 15) is 41.3 Å². The van der Waals surface area contributed by atoms with Crippen molar-refractivity contribution in [1.82, 2.24) is 20.1 Å². The lowest BCUT2D eigenvalue weighted by Gasteiger charge is -2.18. The molecule has 0 bridgehead atoms. The summed E-state index contributed by atoms with van der Waals surface area (Å²) in [6.45, 7) is 3.36. The second-order valence-electron chi connectivity index (χ2n) is 9.22. The zero-order chi connectivity index (χ0) is 30.8. The molecule has 15 heteroatoms. The molecule has 1 aromatic heterocycles. The van der Waals surface area contributed by atoms with Crippen LogP contribution in [0.2, 0.25) is 0 Å². The molecule has 0 fully saturated rings. The first-order chi connectivity index (χ1) is 19.6. The molecule has 1 amide bonds. The van der Waals surface area contributed by atoms with Crippen LogP contribution in [-0.2, 0) is 18.1 Å². The Morgan fingerprint density at radius 1 is 0.976 bits per heavy atom. The van der Waals surface area contributed by atoms with Crippen LogP contribution >= 0.6 is 11.8 Å². The van der Waals surface area contributed by atoms with E-state index in [0.717, 1.165) is 11.1 Å². The number of carbonyl (C=O) groups is 1. The van der Waals surface area contributed by atoms with Crippen molar-refractivity contribution in [2.45, 2.75) is 43.2 Å². The standard InChI is InChI=1S/C27H21F6N5O3S/c1-15-4-3-5-17(10-15)14-42-25-36-35-23(37(25)21-6-8-22(9-7-21)38(40)41)16(2)34-24(39)18-11-19(26(28,29)30)13-20(12-18)27(31,32)33/h3-13,16H,14H2,1-2H3,(H,34,39). The van der Waals surface area contributed by atoms with Crippen LogP contribution in [0.3, 0.4) is 0 Å². The van der Waals surface area contributed by atoms with E-state index in [2.05, 4.69) is 15.5 Å². The number of carbonyl (C=O) groups excluding carboxylic acids is 1. The van der Waals surface area contributed by atoms with Crippen molar-refractivity contribution in [3.8, 4) is 5.69 Å². The van der Waals surface area contributed by atoms with Gasteiger partial charge >= 0.3 is 12.4 Å². The number of nitro benzene ring substituents is 1. The summed E-state index contributed by atoms with van der Waals surface area (Å²) in [6, 6.07) is 12.6. The number of hydrogen-bond donors (Lipinski definition) is 1. The number of hydrogen-bond acceptors (Lipinski definition) is 6. The molecule has 1 heterocycles. The van der Waals surface area contributed by atoms with Crippen molar-refractivity contribution in [2.24, 2.45) is 0 Å². The van der Waals surface area contributed by atoms with E-state index < -0.39 is 45.9 Å². The molecular formula is C27H21F6N5O3S. The van der Waals surface area contributed by atoms with Crippen molar-refractivity contribution in [3.63, 3.8) is 0 Å². The van der Waals surface area contributed by atoms with Gasteiger partial charge in [0.05, 0.1) is 22.1 Å². The fraction of sp³-hybridized carbons (Fsp3) is 0.222. The molecule has 1 unspecified atom stereocenters. The van der Waals surface area contributed by atoms with E-state index in [1.54, 1.807) is 0 Å². The lowest BCUT2D eigenvalue weighted by atomic mass is 10.0. The molecule has 3 aromatic carbocycles. The third-order valence-electron chi connectivity index (χ3n) is 6.01. The summed E-state index contributed by atoms with van der Waals surface area (Å²) in [7, 11) is 0. The first-order valence-electron chi connectivity index (χ1n) is 12.1. The van der Waals surface area contributed by atoms with Gasteiger partial charge in [-0.05, 0) is 49.7 Å². The maximum absolute atomic E-state index is 13.3. The van der Waals surface area contributed by atoms with E-state index in [0.29, 0.717) is 28.7 Å². The largest absolute Gasteiger partial charge is 0.416 e. The Bertz CT molecular complexity index is 1590. The SMILES string of the molecule is Cc1cccc(CSc2nnc(C(C)NC(=O)c3cc(C(F)(F)F)cc(C(F)(F)F)c3)n2-c2ccc([N+](=O)[O-])cc2)c1. The van der Waals surface area contributed by atoms with E-state index >= 15 is 0 Å². The molecule has 0 aliphatic rings. The molecular weight excluding hydrogens is 588 g/mol. The number of nitrogens with one attached hydrogen (secondary N) is 1. The summed E-state index contributed by atoms with van der Waals surface area (Å²) in [6.07, 6.45) is -10.2. The number of benzene rings is 3. The van der Waals surface area contributed by atoms with E-state index in [-0.39, 0.29) is 17.6 Å². The molecule has 4 rings (SSSR count). The second-order valence-corrected chi connectivity index (χ2v) is 10.2. The average Bonchev–Trinajstić information content (AvgIpc) is 3.35. The monoisotopic (exact) mass is 609 g/mol. The predicted molar refractivity (Wildman–Crippen MR) is 141 cm³/mol. The van der Waals surface area contributed by atoms with Gasteiger partial charge in [0.1, 0.15) is 0 Å². The van der Waals surface area contributed by atoms with Gasteiger partial charge < -0.3 is 5.32 Å².